The molecule has 0 saturated carbocycles. The lowest BCUT2D eigenvalue weighted by molar-refractivity contribution is -0.455. The van der Waals surface area contributed by atoms with E-state index in [1.54, 1.807) is 12.1 Å². The average Bonchev–Trinajstić information content (AvgIpc) is 1.66. The van der Waals surface area contributed by atoms with Gasteiger partial charge < -0.3 is 9.80 Å². The normalized spacial score (nSPS) is 19.8. The van der Waals surface area contributed by atoms with Crippen LogP contribution in [0.5, 0.6) is 0 Å². The van der Waals surface area contributed by atoms with Gasteiger partial charge in [0.25, 0.3) is 11.4 Å². The summed E-state index contributed by atoms with van der Waals surface area (Å²) in [5, 5.41) is 29.8. The highest BCUT2D eigenvalue weighted by molar-refractivity contribution is 9.11. The van der Waals surface area contributed by atoms with E-state index in [1.807, 2.05) is 24.3 Å². The average molecular weight is 1320 g/mol. The molecule has 2 atom stereocenters. The van der Waals surface area contributed by atoms with Crippen LogP contribution >= 0.6 is 31.9 Å². The van der Waals surface area contributed by atoms with E-state index in [0.29, 0.717) is 34.9 Å². The topological polar surface area (TPSA) is 98.8 Å². The monoisotopic (exact) mass is 1310 g/mol. The van der Waals surface area contributed by atoms with Gasteiger partial charge in [-0.1, -0.05) is 159 Å². The molecular formula is C78H72Br2N6O4+2. The Labute approximate surface area is 543 Å². The molecule has 0 radical (unpaired) electrons. The van der Waals surface area contributed by atoms with Crippen LogP contribution in [0.1, 0.15) is 98.9 Å². The van der Waals surface area contributed by atoms with Crippen LogP contribution in [0.15, 0.2) is 239 Å². The lowest BCUT2D eigenvalue weighted by Crippen LogP contribution is -2.31. The van der Waals surface area contributed by atoms with Gasteiger partial charge in [0.2, 0.25) is 11.4 Å². The second kappa shape index (κ2) is 23.2. The van der Waals surface area contributed by atoms with E-state index in [1.165, 1.54) is 77.7 Å². The van der Waals surface area contributed by atoms with Crippen molar-refractivity contribution in [3.63, 3.8) is 0 Å². The summed E-state index contributed by atoms with van der Waals surface area (Å²) in [4.78, 5) is 28.8. The van der Waals surface area contributed by atoms with E-state index in [4.69, 9.17) is 0 Å². The predicted molar refractivity (Wildman–Crippen MR) is 375 cm³/mol. The summed E-state index contributed by atoms with van der Waals surface area (Å²) in [6.07, 6.45) is 16.4. The van der Waals surface area contributed by atoms with Gasteiger partial charge in [-0.15, -0.1) is 0 Å². The molecule has 13 rings (SSSR count). The van der Waals surface area contributed by atoms with Crippen LogP contribution in [0.2, 0.25) is 0 Å². The molecule has 0 aromatic heterocycles. The van der Waals surface area contributed by atoms with Crippen molar-refractivity contribution in [2.45, 2.75) is 102 Å². The van der Waals surface area contributed by atoms with Crippen LogP contribution in [0, 0.1) is 20.2 Å². The highest BCUT2D eigenvalue weighted by atomic mass is 79.9. The largest absolute Gasteiger partial charge is 0.347 e. The van der Waals surface area contributed by atoms with Gasteiger partial charge in [0, 0.05) is 106 Å². The molecule has 0 amide bonds. The number of allylic oxidation sites excluding steroid dienone is 8. The molecule has 12 heteroatoms. The summed E-state index contributed by atoms with van der Waals surface area (Å²) in [6, 6.07) is 64.0. The lowest BCUT2D eigenvalue weighted by atomic mass is 9.72. The SMILES string of the molecule is CCC1(Cc2ccccc2)/C(=C\C=C\C2=[N+](Cc3ccc(C[N+]4=C(/C=C/C=C5/N(C)c6cc(Br)c([N+](=O)[O-])cc6C5(CC)Cc5ccccc5)C(C)(C)c5c4ccc4ccccc54)cc3)c3ccc4ccccc4c3C2(C)C)N(C)c2cc(Br)c([N+](=O)[O-])cc21. The highest BCUT2D eigenvalue weighted by Crippen LogP contribution is 2.56. The van der Waals surface area contributed by atoms with Crippen LogP contribution in [-0.2, 0) is 47.6 Å². The number of anilines is 2. The maximum absolute atomic E-state index is 12.4. The molecule has 9 aromatic rings. The van der Waals surface area contributed by atoms with Gasteiger partial charge in [0.1, 0.15) is 0 Å². The van der Waals surface area contributed by atoms with E-state index >= 15 is 0 Å². The molecule has 90 heavy (non-hydrogen) atoms. The Kier molecular flexibility index (Phi) is 15.5. The van der Waals surface area contributed by atoms with Gasteiger partial charge in [0.15, 0.2) is 24.5 Å². The number of rotatable bonds is 16. The van der Waals surface area contributed by atoms with E-state index in [9.17, 15) is 20.2 Å². The Balaban J connectivity index is 0.882. The predicted octanol–water partition coefficient (Wildman–Crippen LogP) is 19.4. The molecule has 0 fully saturated rings. The molecule has 0 saturated heterocycles. The van der Waals surface area contributed by atoms with Gasteiger partial charge in [0.05, 0.1) is 29.6 Å². The molecule has 4 aliphatic heterocycles. The van der Waals surface area contributed by atoms with Crippen molar-refractivity contribution < 1.29 is 19.0 Å². The number of hydrogen-bond acceptors (Lipinski definition) is 6. The maximum Gasteiger partial charge on any atom is 0.283 e. The zero-order valence-corrected chi connectivity index (χ0v) is 55.3. The number of nitrogens with zero attached hydrogens (tertiary/aromatic N) is 6. The van der Waals surface area contributed by atoms with E-state index in [-0.39, 0.29) is 32.1 Å². The van der Waals surface area contributed by atoms with Crippen LogP contribution in [0.4, 0.5) is 34.1 Å². The minimum absolute atomic E-state index is 0.0664. The van der Waals surface area contributed by atoms with Gasteiger partial charge in [-0.05, 0) is 165 Å². The fraction of sp³-hybridized carbons (Fsp3) is 0.231. The molecule has 2 unspecified atom stereocenters. The molecule has 0 bridgehead atoms. The van der Waals surface area contributed by atoms with Gasteiger partial charge >= 0.3 is 0 Å². The molecule has 10 nitrogen and oxygen atoms in total. The Hall–Kier alpha value is -8.84. The van der Waals surface area contributed by atoms with Crippen molar-refractivity contribution in [2.24, 2.45) is 0 Å². The Bertz CT molecular complexity index is 4350. The molecule has 9 aromatic carbocycles. The summed E-state index contributed by atoms with van der Waals surface area (Å²) in [5.74, 6) is 0. The number of nitro benzene ring substituents is 2. The first-order valence-corrected chi connectivity index (χ1v) is 32.6. The second-order valence-electron chi connectivity index (χ2n) is 25.7. The molecule has 4 heterocycles. The highest BCUT2D eigenvalue weighted by Gasteiger charge is 2.50. The Morgan fingerprint density at radius 3 is 1.21 bits per heavy atom. The summed E-state index contributed by atoms with van der Waals surface area (Å²) in [5.41, 5.74) is 16.4. The summed E-state index contributed by atoms with van der Waals surface area (Å²) in [6.45, 7) is 15.0. The van der Waals surface area contributed by atoms with Gasteiger partial charge in [-0.25, -0.2) is 0 Å². The van der Waals surface area contributed by atoms with Gasteiger partial charge in [-0.3, -0.25) is 20.2 Å². The maximum atomic E-state index is 12.4. The van der Waals surface area contributed by atoms with Gasteiger partial charge in [-0.2, -0.15) is 9.15 Å². The number of benzene rings is 9. The van der Waals surface area contributed by atoms with E-state index in [0.717, 1.165) is 46.7 Å². The number of nitro groups is 2. The number of hydrogen-bond donors (Lipinski definition) is 0. The summed E-state index contributed by atoms with van der Waals surface area (Å²) >= 11 is 7.10. The summed E-state index contributed by atoms with van der Waals surface area (Å²) in [7, 11) is 4.17. The molecule has 0 N–H and O–H groups in total. The molecule has 4 aliphatic rings. The zero-order valence-electron chi connectivity index (χ0n) is 52.1. The number of likely N-dealkylation sites (N-methyl/N-ethyl adjacent to an activating group) is 2. The van der Waals surface area contributed by atoms with Crippen molar-refractivity contribution in [1.29, 1.82) is 0 Å². The third-order valence-electron chi connectivity index (χ3n) is 20.1. The smallest absolute Gasteiger partial charge is 0.283 e. The van der Waals surface area contributed by atoms with Crippen molar-refractivity contribution in [3.8, 4) is 0 Å². The third kappa shape index (κ3) is 9.89. The van der Waals surface area contributed by atoms with Crippen LogP contribution in [-0.4, -0.2) is 44.5 Å². The van der Waals surface area contributed by atoms with E-state index in [2.05, 4.69) is 288 Å². The fourth-order valence-electron chi connectivity index (χ4n) is 15.7. The summed E-state index contributed by atoms with van der Waals surface area (Å²) < 4.78 is 5.93. The quantitative estimate of drug-likeness (QED) is 0.0543. The Morgan fingerprint density at radius 1 is 0.478 bits per heavy atom. The van der Waals surface area contributed by atoms with Crippen molar-refractivity contribution >= 4 is 99.0 Å². The van der Waals surface area contributed by atoms with Crippen LogP contribution in [0.3, 0.4) is 0 Å². The first kappa shape index (κ1) is 60.1. The van der Waals surface area contributed by atoms with Crippen molar-refractivity contribution in [3.05, 3.63) is 304 Å². The first-order chi connectivity index (χ1) is 43.3. The standard InChI is InChI=1S/C78H72Br2N6O4/c1-9-77(47-51-23-13-11-14-24-51)59-43-67(85(87)88)61(79)45-65(59)81(7)71(77)33-21-31-69-75(3,4)73-57-29-19-17-27-55(57)39-41-63(73)83(69)49-53-35-37-54(38-36-53)50-84-64-42-40-56-28-18-20-30-58(56)74(64)76(5,6)70(84)32-22-34-72-78(10-2,48-52-25-15-12-16-26-52)60-44-68(86(89)90)62(80)46-66(60)82(72)8/h11-46H,9-10,47-50H2,1-8H3/q+2. The van der Waals surface area contributed by atoms with E-state index < -0.39 is 10.8 Å². The molecule has 450 valence electrons. The van der Waals surface area contributed by atoms with Crippen molar-refractivity contribution in [2.75, 3.05) is 23.9 Å². The number of fused-ring (bicyclic) bond motifs is 8. The zero-order chi connectivity index (χ0) is 63.0. The minimum atomic E-state index is -0.526. The van der Waals surface area contributed by atoms with Crippen molar-refractivity contribution in [1.82, 2.24) is 0 Å². The first-order valence-electron chi connectivity index (χ1n) is 31.0. The third-order valence-corrected chi connectivity index (χ3v) is 21.4. The molecular weight excluding hydrogens is 1240 g/mol. The second-order valence-corrected chi connectivity index (χ2v) is 27.4. The fourth-order valence-corrected chi connectivity index (χ4v) is 16.6. The molecule has 0 aliphatic carbocycles. The number of halogens is 2. The Morgan fingerprint density at radius 2 is 0.844 bits per heavy atom. The lowest BCUT2D eigenvalue weighted by Gasteiger charge is -2.32. The van der Waals surface area contributed by atoms with Crippen LogP contribution < -0.4 is 9.80 Å². The minimum Gasteiger partial charge on any atom is -0.347 e. The van der Waals surface area contributed by atoms with Crippen LogP contribution in [0.25, 0.3) is 21.5 Å². The molecule has 0 spiro atoms.